The minimum atomic E-state index is -2.72. The highest BCUT2D eigenvalue weighted by atomic mass is 19.3. The summed E-state index contributed by atoms with van der Waals surface area (Å²) in [6.07, 6.45) is 4.62. The highest BCUT2D eigenvalue weighted by molar-refractivity contribution is 5.87. The fourth-order valence-corrected chi connectivity index (χ4v) is 3.27. The van der Waals surface area contributed by atoms with Crippen molar-refractivity contribution < 1.29 is 8.78 Å². The van der Waals surface area contributed by atoms with Crippen LogP contribution in [0.3, 0.4) is 0 Å². The van der Waals surface area contributed by atoms with Crippen LogP contribution in [0.15, 0.2) is 36.7 Å². The molecule has 0 atom stereocenters. The lowest BCUT2D eigenvalue weighted by molar-refractivity contribution is -0.00833. The Balaban J connectivity index is 1.45. The van der Waals surface area contributed by atoms with Gasteiger partial charge in [0.1, 0.15) is 5.52 Å². The van der Waals surface area contributed by atoms with Crippen molar-refractivity contribution in [2.24, 2.45) is 13.0 Å². The third kappa shape index (κ3) is 2.79. The molecule has 7 nitrogen and oxygen atoms in total. The molecule has 1 aliphatic rings. The van der Waals surface area contributed by atoms with Gasteiger partial charge < -0.3 is 5.32 Å². The van der Waals surface area contributed by atoms with Gasteiger partial charge in [0.2, 0.25) is 5.95 Å². The summed E-state index contributed by atoms with van der Waals surface area (Å²) < 4.78 is 31.0. The van der Waals surface area contributed by atoms with Gasteiger partial charge in [-0.1, -0.05) is 11.3 Å². The molecule has 0 radical (unpaired) electrons. The number of anilines is 1. The van der Waals surface area contributed by atoms with Gasteiger partial charge in [-0.05, 0) is 36.6 Å². The molecule has 5 rings (SSSR count). The van der Waals surface area contributed by atoms with Crippen LogP contribution in [0.5, 0.6) is 0 Å². The summed E-state index contributed by atoms with van der Waals surface area (Å²) in [6.45, 7) is -0.443. The number of aromatic nitrogens is 6. The van der Waals surface area contributed by atoms with Crippen molar-refractivity contribution in [2.45, 2.75) is 18.8 Å². The Bertz CT molecular complexity index is 1140. The third-order valence-electron chi connectivity index (χ3n) is 5.00. The van der Waals surface area contributed by atoms with Gasteiger partial charge in [-0.3, -0.25) is 0 Å². The average molecular weight is 369 g/mol. The minimum absolute atomic E-state index is 0.191. The molecule has 0 bridgehead atoms. The third-order valence-corrected chi connectivity index (χ3v) is 5.00. The molecule has 4 aromatic rings. The average Bonchev–Trinajstić information content (AvgIpc) is 3.36. The molecule has 1 fully saturated rings. The molecule has 1 saturated carbocycles. The lowest BCUT2D eigenvalue weighted by Crippen LogP contribution is -2.30. The van der Waals surface area contributed by atoms with E-state index in [-0.39, 0.29) is 5.95 Å². The number of halogens is 2. The van der Waals surface area contributed by atoms with Gasteiger partial charge >= 0.3 is 0 Å². The normalized spacial score (nSPS) is 14.9. The molecule has 0 saturated heterocycles. The monoisotopic (exact) mass is 369 g/mol. The number of aryl methyl sites for hydroxylation is 1. The summed E-state index contributed by atoms with van der Waals surface area (Å²) in [4.78, 5) is 4.21. The first-order valence-corrected chi connectivity index (χ1v) is 8.77. The first kappa shape index (κ1) is 16.1. The van der Waals surface area contributed by atoms with Gasteiger partial charge in [0.25, 0.3) is 5.92 Å². The number of rotatable bonds is 5. The van der Waals surface area contributed by atoms with E-state index in [1.807, 2.05) is 31.3 Å². The summed E-state index contributed by atoms with van der Waals surface area (Å²) in [6, 6.07) is 7.82. The number of fused-ring (bicyclic) bond motifs is 2. The van der Waals surface area contributed by atoms with Gasteiger partial charge in [-0.2, -0.15) is 0 Å². The summed E-state index contributed by atoms with van der Waals surface area (Å²) in [5.74, 6) is -3.04. The van der Waals surface area contributed by atoms with Crippen molar-refractivity contribution in [1.29, 1.82) is 0 Å². The van der Waals surface area contributed by atoms with Crippen molar-refractivity contribution in [3.05, 3.63) is 36.7 Å². The maximum Gasteiger partial charge on any atom is 0.267 e. The molecule has 0 aliphatic heterocycles. The van der Waals surface area contributed by atoms with Crippen molar-refractivity contribution in [3.63, 3.8) is 0 Å². The van der Waals surface area contributed by atoms with Gasteiger partial charge in [-0.25, -0.2) is 23.0 Å². The molecule has 0 amide bonds. The Morgan fingerprint density at radius 3 is 2.89 bits per heavy atom. The predicted octanol–water partition coefficient (Wildman–Crippen LogP) is 3.14. The Morgan fingerprint density at radius 1 is 1.22 bits per heavy atom. The highest BCUT2D eigenvalue weighted by Gasteiger charge is 2.46. The second kappa shape index (κ2) is 5.70. The second-order valence-electron chi connectivity index (χ2n) is 6.95. The van der Waals surface area contributed by atoms with Crippen LogP contribution in [-0.4, -0.2) is 42.1 Å². The highest BCUT2D eigenvalue weighted by Crippen LogP contribution is 2.43. The Labute approximate surface area is 153 Å². The molecular weight excluding hydrogens is 352 g/mol. The van der Waals surface area contributed by atoms with E-state index < -0.39 is 18.4 Å². The van der Waals surface area contributed by atoms with E-state index in [1.54, 1.807) is 21.6 Å². The van der Waals surface area contributed by atoms with Crippen LogP contribution in [-0.2, 0) is 7.05 Å². The first-order chi connectivity index (χ1) is 13.0. The SMILES string of the molecule is Cn1nnc2ccc(-c3ccn4nc(NCC(F)(F)C5CC5)ncc34)cc21. The van der Waals surface area contributed by atoms with E-state index in [0.717, 1.165) is 27.7 Å². The molecule has 1 aliphatic carbocycles. The molecule has 0 unspecified atom stereocenters. The van der Waals surface area contributed by atoms with Crippen LogP contribution in [0.25, 0.3) is 27.7 Å². The van der Waals surface area contributed by atoms with E-state index in [0.29, 0.717) is 12.8 Å². The van der Waals surface area contributed by atoms with E-state index in [4.69, 9.17) is 0 Å². The van der Waals surface area contributed by atoms with Crippen LogP contribution >= 0.6 is 0 Å². The summed E-state index contributed by atoms with van der Waals surface area (Å²) >= 11 is 0. The number of hydrogen-bond donors (Lipinski definition) is 1. The van der Waals surface area contributed by atoms with Crippen LogP contribution in [0, 0.1) is 5.92 Å². The number of alkyl halides is 2. The summed E-state index contributed by atoms with van der Waals surface area (Å²) in [7, 11) is 1.84. The number of nitrogens with zero attached hydrogens (tertiary/aromatic N) is 6. The Morgan fingerprint density at radius 2 is 2.07 bits per heavy atom. The maximum absolute atomic E-state index is 13.8. The molecule has 1 N–H and O–H groups in total. The lowest BCUT2D eigenvalue weighted by Gasteiger charge is -2.15. The first-order valence-electron chi connectivity index (χ1n) is 8.77. The largest absolute Gasteiger partial charge is 0.347 e. The van der Waals surface area contributed by atoms with Crippen molar-refractivity contribution in [2.75, 3.05) is 11.9 Å². The quantitative estimate of drug-likeness (QED) is 0.585. The lowest BCUT2D eigenvalue weighted by atomic mass is 10.1. The van der Waals surface area contributed by atoms with Crippen molar-refractivity contribution >= 4 is 22.5 Å². The predicted molar refractivity (Wildman–Crippen MR) is 96.7 cm³/mol. The molecule has 27 heavy (non-hydrogen) atoms. The molecule has 9 heteroatoms. The van der Waals surface area contributed by atoms with E-state index >= 15 is 0 Å². The Kier molecular flexibility index (Phi) is 3.40. The molecule has 3 aromatic heterocycles. The molecule has 1 aromatic carbocycles. The Hall–Kier alpha value is -3.10. The van der Waals surface area contributed by atoms with Gasteiger partial charge in [0, 0.05) is 24.7 Å². The van der Waals surface area contributed by atoms with Crippen LogP contribution < -0.4 is 5.32 Å². The number of hydrogen-bond acceptors (Lipinski definition) is 5. The van der Waals surface area contributed by atoms with Gasteiger partial charge in [0.05, 0.1) is 23.8 Å². The van der Waals surface area contributed by atoms with E-state index in [1.165, 1.54) is 0 Å². The van der Waals surface area contributed by atoms with Gasteiger partial charge in [-0.15, -0.1) is 10.2 Å². The summed E-state index contributed by atoms with van der Waals surface area (Å²) in [5.41, 5.74) is 4.48. The molecular formula is C18H17F2N7. The fourth-order valence-electron chi connectivity index (χ4n) is 3.27. The minimum Gasteiger partial charge on any atom is -0.347 e. The zero-order valence-electron chi connectivity index (χ0n) is 14.6. The maximum atomic E-state index is 13.8. The smallest absolute Gasteiger partial charge is 0.267 e. The standard InChI is InChI=1S/C18H17F2N7/c1-26-15-8-11(2-5-14(15)23-25-26)13-6-7-27-16(13)9-21-17(24-27)22-10-18(19,20)12-3-4-12/h2,5-9,12H,3-4,10H2,1H3,(H,22,24). The van der Waals surface area contributed by atoms with Crippen molar-refractivity contribution in [1.82, 2.24) is 29.6 Å². The van der Waals surface area contributed by atoms with E-state index in [2.05, 4.69) is 25.7 Å². The van der Waals surface area contributed by atoms with Crippen LogP contribution in [0.4, 0.5) is 14.7 Å². The summed E-state index contributed by atoms with van der Waals surface area (Å²) in [5, 5.41) is 15.1. The van der Waals surface area contributed by atoms with E-state index in [9.17, 15) is 8.78 Å². The fraction of sp³-hybridized carbons (Fsp3) is 0.333. The zero-order valence-corrected chi connectivity index (χ0v) is 14.6. The van der Waals surface area contributed by atoms with Crippen LogP contribution in [0.1, 0.15) is 12.8 Å². The van der Waals surface area contributed by atoms with Crippen LogP contribution in [0.2, 0.25) is 0 Å². The molecule has 138 valence electrons. The topological polar surface area (TPSA) is 72.9 Å². The van der Waals surface area contributed by atoms with Gasteiger partial charge in [0.15, 0.2) is 0 Å². The molecule has 0 spiro atoms. The number of benzene rings is 1. The zero-order chi connectivity index (χ0) is 18.6. The number of nitrogens with one attached hydrogen (secondary N) is 1. The molecule has 3 heterocycles. The van der Waals surface area contributed by atoms with Crippen molar-refractivity contribution in [3.8, 4) is 11.1 Å². The second-order valence-corrected chi connectivity index (χ2v) is 6.95.